The van der Waals surface area contributed by atoms with Gasteiger partial charge in [0.15, 0.2) is 5.96 Å². The first-order valence-electron chi connectivity index (χ1n) is 9.62. The zero-order chi connectivity index (χ0) is 16.3. The highest BCUT2D eigenvalue weighted by Crippen LogP contribution is 2.27. The summed E-state index contributed by atoms with van der Waals surface area (Å²) in [6, 6.07) is 0.600. The Kier molecular flexibility index (Phi) is 8.51. The minimum Gasteiger partial charge on any atom is -0.377 e. The summed E-state index contributed by atoms with van der Waals surface area (Å²) >= 11 is 0. The maximum atomic E-state index is 5.36. The van der Waals surface area contributed by atoms with Crippen LogP contribution in [0.1, 0.15) is 65.2 Å². The number of ether oxygens (including phenoxy) is 1. The number of guanidine groups is 1. The molecule has 0 radical (unpaired) electrons. The average molecular weight is 322 g/mol. The minimum absolute atomic E-state index is 0.600. The molecule has 0 unspecified atom stereocenters. The monoisotopic (exact) mass is 321 g/mol. The molecule has 0 amide bonds. The van der Waals surface area contributed by atoms with E-state index in [9.17, 15) is 0 Å². The van der Waals surface area contributed by atoms with Gasteiger partial charge in [-0.2, -0.15) is 0 Å². The summed E-state index contributed by atoms with van der Waals surface area (Å²) < 4.78 is 5.36. The van der Waals surface area contributed by atoms with E-state index in [4.69, 9.17) is 9.73 Å². The summed E-state index contributed by atoms with van der Waals surface area (Å²) in [7, 11) is 0. The van der Waals surface area contributed by atoms with Crippen LogP contribution < -0.4 is 10.6 Å². The first-order valence-corrected chi connectivity index (χ1v) is 9.62. The van der Waals surface area contributed by atoms with Gasteiger partial charge >= 0.3 is 0 Å². The number of nitrogens with one attached hydrogen (secondary N) is 2. The lowest BCUT2D eigenvalue weighted by Crippen LogP contribution is -2.45. The second kappa shape index (κ2) is 10.7. The van der Waals surface area contributed by atoms with E-state index in [1.807, 2.05) is 0 Å². The van der Waals surface area contributed by atoms with Crippen LogP contribution in [0, 0.1) is 5.92 Å². The molecule has 1 saturated carbocycles. The molecule has 0 saturated heterocycles. The molecule has 0 bridgehead atoms. The van der Waals surface area contributed by atoms with Gasteiger partial charge in [-0.3, -0.25) is 4.99 Å². The van der Waals surface area contributed by atoms with Gasteiger partial charge in [0.1, 0.15) is 0 Å². The molecule has 0 atom stereocenters. The highest BCUT2D eigenvalue weighted by atomic mass is 16.5. The van der Waals surface area contributed by atoms with Crippen molar-refractivity contribution in [1.29, 1.82) is 0 Å². The molecule has 2 N–H and O–H groups in total. The third kappa shape index (κ3) is 6.94. The molecule has 4 heteroatoms. The second-order valence-corrected chi connectivity index (χ2v) is 6.85. The smallest absolute Gasteiger partial charge is 0.191 e. The highest BCUT2D eigenvalue weighted by molar-refractivity contribution is 5.80. The molecule has 0 aromatic heterocycles. The van der Waals surface area contributed by atoms with Crippen molar-refractivity contribution in [3.8, 4) is 0 Å². The van der Waals surface area contributed by atoms with Crippen molar-refractivity contribution >= 4 is 5.96 Å². The van der Waals surface area contributed by atoms with Gasteiger partial charge in [-0.05, 0) is 51.4 Å². The maximum absolute atomic E-state index is 5.36. The van der Waals surface area contributed by atoms with E-state index in [1.54, 1.807) is 0 Å². The molecule has 132 valence electrons. The standard InChI is InChI=1S/C19H35N3O/c1-3-5-16-6-8-18(9-7-16)22-19(20-4-2)21-13-10-17-11-14-23-15-12-17/h11,16,18H,3-10,12-15H2,1-2H3,(H2,20,21,22). The number of nitrogens with zero attached hydrogens (tertiary/aromatic N) is 1. The summed E-state index contributed by atoms with van der Waals surface area (Å²) in [6.07, 6.45) is 12.4. The largest absolute Gasteiger partial charge is 0.377 e. The molecule has 23 heavy (non-hydrogen) atoms. The molecule has 0 aromatic rings. The Morgan fingerprint density at radius 1 is 1.26 bits per heavy atom. The maximum Gasteiger partial charge on any atom is 0.191 e. The summed E-state index contributed by atoms with van der Waals surface area (Å²) in [5.74, 6) is 1.96. The van der Waals surface area contributed by atoms with E-state index in [1.165, 1.54) is 44.1 Å². The predicted octanol–water partition coefficient (Wildman–Crippen LogP) is 3.64. The van der Waals surface area contributed by atoms with E-state index in [2.05, 4.69) is 30.6 Å². The van der Waals surface area contributed by atoms with Crippen molar-refractivity contribution in [2.45, 2.75) is 71.3 Å². The Balaban J connectivity index is 1.74. The molecule has 0 aromatic carbocycles. The van der Waals surface area contributed by atoms with Gasteiger partial charge in [0.05, 0.1) is 13.2 Å². The fourth-order valence-electron chi connectivity index (χ4n) is 3.62. The fourth-order valence-corrected chi connectivity index (χ4v) is 3.62. The molecular weight excluding hydrogens is 286 g/mol. The lowest BCUT2D eigenvalue weighted by Gasteiger charge is -2.30. The fraction of sp³-hybridized carbons (Fsp3) is 0.842. The zero-order valence-electron chi connectivity index (χ0n) is 15.1. The molecule has 2 aliphatic rings. The second-order valence-electron chi connectivity index (χ2n) is 6.85. The van der Waals surface area contributed by atoms with Gasteiger partial charge in [0.2, 0.25) is 0 Å². The van der Waals surface area contributed by atoms with Gasteiger partial charge in [-0.15, -0.1) is 0 Å². The summed E-state index contributed by atoms with van der Waals surface area (Å²) in [5.41, 5.74) is 1.50. The van der Waals surface area contributed by atoms with Crippen LogP contribution >= 0.6 is 0 Å². The number of hydrogen-bond donors (Lipinski definition) is 2. The molecule has 1 heterocycles. The summed E-state index contributed by atoms with van der Waals surface area (Å²) in [6.45, 7) is 7.87. The lowest BCUT2D eigenvalue weighted by molar-refractivity contribution is 0.153. The Morgan fingerprint density at radius 2 is 2.09 bits per heavy atom. The molecule has 2 rings (SSSR count). The number of aliphatic imine (C=N–C) groups is 1. The third-order valence-corrected chi connectivity index (χ3v) is 4.99. The van der Waals surface area contributed by atoms with Gasteiger partial charge in [-0.25, -0.2) is 0 Å². The minimum atomic E-state index is 0.600. The first kappa shape index (κ1) is 18.3. The van der Waals surface area contributed by atoms with Gasteiger partial charge in [0, 0.05) is 19.1 Å². The van der Waals surface area contributed by atoms with E-state index < -0.39 is 0 Å². The van der Waals surface area contributed by atoms with Crippen LogP contribution in [-0.4, -0.2) is 38.3 Å². The van der Waals surface area contributed by atoms with E-state index in [0.29, 0.717) is 6.04 Å². The van der Waals surface area contributed by atoms with Gasteiger partial charge in [-0.1, -0.05) is 31.4 Å². The van der Waals surface area contributed by atoms with Crippen molar-refractivity contribution in [2.24, 2.45) is 10.9 Å². The van der Waals surface area contributed by atoms with E-state index >= 15 is 0 Å². The Bertz CT molecular complexity index is 384. The van der Waals surface area contributed by atoms with Crippen LogP contribution in [0.15, 0.2) is 16.6 Å². The van der Waals surface area contributed by atoms with Crippen molar-refractivity contribution in [3.05, 3.63) is 11.6 Å². The van der Waals surface area contributed by atoms with Gasteiger partial charge in [0.25, 0.3) is 0 Å². The SMILES string of the molecule is CCCC1CCC(NC(=NCCC2=CCOCC2)NCC)CC1. The van der Waals surface area contributed by atoms with Crippen molar-refractivity contribution in [3.63, 3.8) is 0 Å². The van der Waals surface area contributed by atoms with Crippen molar-refractivity contribution < 1.29 is 4.74 Å². The third-order valence-electron chi connectivity index (χ3n) is 4.99. The Hall–Kier alpha value is -1.03. The van der Waals surface area contributed by atoms with Crippen molar-refractivity contribution in [2.75, 3.05) is 26.3 Å². The quantitative estimate of drug-likeness (QED) is 0.427. The highest BCUT2D eigenvalue weighted by Gasteiger charge is 2.21. The van der Waals surface area contributed by atoms with E-state index in [0.717, 1.165) is 51.0 Å². The molecule has 0 spiro atoms. The summed E-state index contributed by atoms with van der Waals surface area (Å²) in [5, 5.41) is 7.05. The van der Waals surface area contributed by atoms with Crippen molar-refractivity contribution in [1.82, 2.24) is 10.6 Å². The molecular formula is C19H35N3O. The van der Waals surface area contributed by atoms with Crippen LogP contribution in [0.25, 0.3) is 0 Å². The van der Waals surface area contributed by atoms with Crippen LogP contribution in [0.2, 0.25) is 0 Å². The normalized spacial score (nSPS) is 25.8. The summed E-state index contributed by atoms with van der Waals surface area (Å²) in [4.78, 5) is 4.77. The Morgan fingerprint density at radius 3 is 2.74 bits per heavy atom. The van der Waals surface area contributed by atoms with Gasteiger partial charge < -0.3 is 15.4 Å². The van der Waals surface area contributed by atoms with Crippen LogP contribution in [0.4, 0.5) is 0 Å². The number of rotatable bonds is 7. The zero-order valence-corrected chi connectivity index (χ0v) is 15.1. The topological polar surface area (TPSA) is 45.7 Å². The molecule has 1 aliphatic carbocycles. The molecule has 1 fully saturated rings. The Labute approximate surface area is 142 Å². The number of hydrogen-bond acceptors (Lipinski definition) is 2. The van der Waals surface area contributed by atoms with Crippen LogP contribution in [0.3, 0.4) is 0 Å². The predicted molar refractivity (Wildman–Crippen MR) is 97.9 cm³/mol. The van der Waals surface area contributed by atoms with Crippen LogP contribution in [0.5, 0.6) is 0 Å². The molecule has 1 aliphatic heterocycles. The van der Waals surface area contributed by atoms with Crippen LogP contribution in [-0.2, 0) is 4.74 Å². The average Bonchev–Trinajstić information content (AvgIpc) is 2.58. The van der Waals surface area contributed by atoms with E-state index in [-0.39, 0.29) is 0 Å². The molecule has 4 nitrogen and oxygen atoms in total. The first-order chi connectivity index (χ1) is 11.3. The lowest BCUT2D eigenvalue weighted by atomic mass is 9.83.